The van der Waals surface area contributed by atoms with E-state index in [1.807, 2.05) is 0 Å². The van der Waals surface area contributed by atoms with Crippen LogP contribution in [-0.4, -0.2) is 18.5 Å². The fourth-order valence-electron chi connectivity index (χ4n) is 1.53. The summed E-state index contributed by atoms with van der Waals surface area (Å²) in [5.41, 5.74) is 5.51. The van der Waals surface area contributed by atoms with Crippen molar-refractivity contribution in [1.29, 1.82) is 5.26 Å². The molecule has 0 saturated heterocycles. The molecule has 0 aromatic heterocycles. The van der Waals surface area contributed by atoms with Gasteiger partial charge in [0.25, 0.3) is 0 Å². The van der Waals surface area contributed by atoms with Gasteiger partial charge in [-0.05, 0) is 25.7 Å². The van der Waals surface area contributed by atoms with E-state index in [0.717, 1.165) is 6.42 Å². The van der Waals surface area contributed by atoms with Crippen molar-refractivity contribution in [2.24, 2.45) is 16.6 Å². The molecule has 3 N–H and O–H groups in total. The lowest BCUT2D eigenvalue weighted by Crippen LogP contribution is -2.38. The lowest BCUT2D eigenvalue weighted by Gasteiger charge is -2.23. The van der Waals surface area contributed by atoms with Crippen molar-refractivity contribution in [2.75, 3.05) is 6.54 Å². The van der Waals surface area contributed by atoms with Crippen LogP contribution in [0.2, 0.25) is 0 Å². The molecule has 17 heavy (non-hydrogen) atoms. The van der Waals surface area contributed by atoms with Crippen molar-refractivity contribution in [3.8, 4) is 6.07 Å². The fraction of sp³-hybridized carbons (Fsp3) is 0.846. The molecule has 0 aliphatic carbocycles. The van der Waals surface area contributed by atoms with Crippen molar-refractivity contribution in [2.45, 2.75) is 53.5 Å². The van der Waals surface area contributed by atoms with Crippen LogP contribution in [0.4, 0.5) is 0 Å². The molecule has 1 atom stereocenters. The maximum atomic E-state index is 11.6. The summed E-state index contributed by atoms with van der Waals surface area (Å²) in [5, 5.41) is 11.6. The van der Waals surface area contributed by atoms with Crippen molar-refractivity contribution in [1.82, 2.24) is 5.32 Å². The molecule has 0 aliphatic rings. The van der Waals surface area contributed by atoms with Crippen LogP contribution in [0.1, 0.15) is 47.5 Å². The number of hydrogen-bond donors (Lipinski definition) is 2. The normalized spacial score (nSPS) is 13.9. The van der Waals surface area contributed by atoms with Crippen molar-refractivity contribution < 1.29 is 4.79 Å². The molecule has 0 saturated carbocycles. The number of nitrogens with zero attached hydrogens (tertiary/aromatic N) is 1. The summed E-state index contributed by atoms with van der Waals surface area (Å²) in [4.78, 5) is 11.6. The minimum absolute atomic E-state index is 0.0786. The Bertz CT molecular complexity index is 297. The lowest BCUT2D eigenvalue weighted by molar-refractivity contribution is -0.121. The highest BCUT2D eigenvalue weighted by Crippen LogP contribution is 2.21. The van der Waals surface area contributed by atoms with E-state index in [1.165, 1.54) is 0 Å². The number of rotatable bonds is 5. The van der Waals surface area contributed by atoms with Gasteiger partial charge >= 0.3 is 0 Å². The summed E-state index contributed by atoms with van der Waals surface area (Å²) in [6.07, 6.45) is 1.13. The molecule has 1 amide bonds. The Labute approximate surface area is 105 Å². The number of nitriles is 1. The van der Waals surface area contributed by atoms with E-state index in [2.05, 4.69) is 32.2 Å². The van der Waals surface area contributed by atoms with Crippen molar-refractivity contribution in [3.05, 3.63) is 0 Å². The molecule has 0 heterocycles. The molecule has 0 rings (SSSR count). The molecule has 4 nitrogen and oxygen atoms in total. The van der Waals surface area contributed by atoms with Gasteiger partial charge in [-0.25, -0.2) is 0 Å². The van der Waals surface area contributed by atoms with Crippen LogP contribution in [0.5, 0.6) is 0 Å². The minimum atomic E-state index is -0.524. The van der Waals surface area contributed by atoms with Gasteiger partial charge in [0.05, 0.1) is 11.5 Å². The SMILES string of the molecule is CC(C)(C)CC(N)CC(=O)NCC(C)(C)C#N. The molecule has 4 heteroatoms. The summed E-state index contributed by atoms with van der Waals surface area (Å²) in [7, 11) is 0. The second kappa shape index (κ2) is 6.02. The minimum Gasteiger partial charge on any atom is -0.354 e. The molecule has 0 aromatic carbocycles. The van der Waals surface area contributed by atoms with Gasteiger partial charge in [0.1, 0.15) is 0 Å². The van der Waals surface area contributed by atoms with Crippen LogP contribution < -0.4 is 11.1 Å². The molecule has 1 unspecified atom stereocenters. The van der Waals surface area contributed by atoms with Crippen LogP contribution in [-0.2, 0) is 4.79 Å². The lowest BCUT2D eigenvalue weighted by atomic mass is 9.87. The monoisotopic (exact) mass is 239 g/mol. The summed E-state index contributed by atoms with van der Waals surface area (Å²) < 4.78 is 0. The number of carbonyl (C=O) groups is 1. The smallest absolute Gasteiger partial charge is 0.221 e. The third-order valence-corrected chi connectivity index (χ3v) is 2.35. The van der Waals surface area contributed by atoms with Crippen LogP contribution in [0.15, 0.2) is 0 Å². The number of hydrogen-bond acceptors (Lipinski definition) is 3. The van der Waals surface area contributed by atoms with Gasteiger partial charge in [0.15, 0.2) is 0 Å². The van der Waals surface area contributed by atoms with E-state index >= 15 is 0 Å². The summed E-state index contributed by atoms with van der Waals surface area (Å²) in [5.74, 6) is -0.0786. The number of nitrogens with one attached hydrogen (secondary N) is 1. The summed E-state index contributed by atoms with van der Waals surface area (Å²) >= 11 is 0. The molecular formula is C13H25N3O. The first-order chi connectivity index (χ1) is 7.56. The van der Waals surface area contributed by atoms with Gasteiger partial charge in [-0.1, -0.05) is 20.8 Å². The maximum absolute atomic E-state index is 11.6. The third-order valence-electron chi connectivity index (χ3n) is 2.35. The quantitative estimate of drug-likeness (QED) is 0.768. The fourth-order valence-corrected chi connectivity index (χ4v) is 1.53. The van der Waals surface area contributed by atoms with Gasteiger partial charge in [-0.15, -0.1) is 0 Å². The predicted octanol–water partition coefficient (Wildman–Crippen LogP) is 1.81. The van der Waals surface area contributed by atoms with Gasteiger partial charge in [0.2, 0.25) is 5.91 Å². The van der Waals surface area contributed by atoms with Crippen molar-refractivity contribution in [3.63, 3.8) is 0 Å². The van der Waals surface area contributed by atoms with Crippen LogP contribution in [0.3, 0.4) is 0 Å². The maximum Gasteiger partial charge on any atom is 0.221 e. The largest absolute Gasteiger partial charge is 0.354 e. The highest BCUT2D eigenvalue weighted by molar-refractivity contribution is 5.76. The van der Waals surface area contributed by atoms with E-state index in [-0.39, 0.29) is 17.4 Å². The first-order valence-corrected chi connectivity index (χ1v) is 5.99. The Hall–Kier alpha value is -1.08. The predicted molar refractivity (Wildman–Crippen MR) is 69.1 cm³/mol. The average molecular weight is 239 g/mol. The third kappa shape index (κ3) is 8.70. The van der Waals surface area contributed by atoms with Gasteiger partial charge in [0, 0.05) is 19.0 Å². The van der Waals surface area contributed by atoms with Gasteiger partial charge in [-0.2, -0.15) is 5.26 Å². The van der Waals surface area contributed by atoms with Crippen LogP contribution in [0, 0.1) is 22.2 Å². The van der Waals surface area contributed by atoms with E-state index in [0.29, 0.717) is 13.0 Å². The van der Waals surface area contributed by atoms with E-state index in [1.54, 1.807) is 13.8 Å². The zero-order valence-electron chi connectivity index (χ0n) is 11.6. The van der Waals surface area contributed by atoms with E-state index in [9.17, 15) is 4.79 Å². The Morgan fingerprint density at radius 1 is 1.35 bits per heavy atom. The topological polar surface area (TPSA) is 78.9 Å². The highest BCUT2D eigenvalue weighted by Gasteiger charge is 2.20. The standard InChI is InChI=1S/C13H25N3O/c1-12(2,3)7-10(15)6-11(17)16-9-13(4,5)8-14/h10H,6-7,9,15H2,1-5H3,(H,16,17). The van der Waals surface area contributed by atoms with Gasteiger partial charge < -0.3 is 11.1 Å². The summed E-state index contributed by atoms with van der Waals surface area (Å²) in [6.45, 7) is 10.3. The Morgan fingerprint density at radius 2 is 1.88 bits per heavy atom. The zero-order valence-corrected chi connectivity index (χ0v) is 11.6. The molecule has 0 fully saturated rings. The molecule has 0 bridgehead atoms. The Kier molecular flexibility index (Phi) is 5.63. The molecule has 0 aromatic rings. The molecule has 0 aliphatic heterocycles. The molecule has 0 spiro atoms. The second-order valence-electron chi connectivity index (χ2n) is 6.50. The summed E-state index contributed by atoms with van der Waals surface area (Å²) in [6, 6.07) is 2.02. The first kappa shape index (κ1) is 15.9. The highest BCUT2D eigenvalue weighted by atomic mass is 16.1. The zero-order chi connectivity index (χ0) is 13.7. The average Bonchev–Trinajstić information content (AvgIpc) is 2.12. The number of nitrogens with two attached hydrogens (primary N) is 1. The van der Waals surface area contributed by atoms with Gasteiger partial charge in [-0.3, -0.25) is 4.79 Å². The molecular weight excluding hydrogens is 214 g/mol. The Balaban J connectivity index is 4.00. The van der Waals surface area contributed by atoms with Crippen LogP contribution >= 0.6 is 0 Å². The Morgan fingerprint density at radius 3 is 2.29 bits per heavy atom. The molecule has 98 valence electrons. The van der Waals surface area contributed by atoms with Crippen LogP contribution in [0.25, 0.3) is 0 Å². The van der Waals surface area contributed by atoms with Crippen molar-refractivity contribution >= 4 is 5.91 Å². The first-order valence-electron chi connectivity index (χ1n) is 5.99. The number of carbonyl (C=O) groups excluding carboxylic acids is 1. The van der Waals surface area contributed by atoms with E-state index in [4.69, 9.17) is 11.0 Å². The number of amides is 1. The molecule has 0 radical (unpaired) electrons. The van der Waals surface area contributed by atoms with E-state index < -0.39 is 5.41 Å². The second-order valence-corrected chi connectivity index (χ2v) is 6.50.